The third-order valence-electron chi connectivity index (χ3n) is 4.14. The van der Waals surface area contributed by atoms with Crippen LogP contribution in [0, 0.1) is 6.92 Å². The first kappa shape index (κ1) is 19.6. The van der Waals surface area contributed by atoms with Crippen LogP contribution in [0.25, 0.3) is 5.69 Å². The lowest BCUT2D eigenvalue weighted by molar-refractivity contribution is -0.120. The molecule has 28 heavy (non-hydrogen) atoms. The number of aryl methyl sites for hydroxylation is 1. The maximum Gasteiger partial charge on any atom is 0.226 e. The average molecular weight is 398 g/mol. The van der Waals surface area contributed by atoms with E-state index in [1.165, 1.54) is 24.3 Å². The molecule has 1 atom stereocenters. The number of anilines is 1. The molecule has 0 fully saturated rings. The van der Waals surface area contributed by atoms with E-state index in [0.29, 0.717) is 16.4 Å². The molecule has 0 aliphatic heterocycles. The smallest absolute Gasteiger partial charge is 0.226 e. The summed E-state index contributed by atoms with van der Waals surface area (Å²) in [5, 5.41) is 10.3. The van der Waals surface area contributed by atoms with Crippen molar-refractivity contribution in [2.24, 2.45) is 0 Å². The van der Waals surface area contributed by atoms with E-state index >= 15 is 0 Å². The summed E-state index contributed by atoms with van der Waals surface area (Å²) >= 11 is 6.09. The van der Waals surface area contributed by atoms with Crippen molar-refractivity contribution in [3.05, 3.63) is 71.3 Å². The first-order valence-electron chi connectivity index (χ1n) is 8.70. The second-order valence-corrected chi connectivity index (χ2v) is 6.85. The standard InChI is InChI=1S/C20H20ClN5O2/c1-13-3-5-15(6-4-13)17(24-14(2)27)10-20(28)25-18-9-16(21)7-8-19(18)26-12-22-11-23-26/h3-9,11-12,17H,10H2,1-2H3,(H,24,27)(H,25,28). The molecule has 2 N–H and O–H groups in total. The van der Waals surface area contributed by atoms with Gasteiger partial charge >= 0.3 is 0 Å². The van der Waals surface area contributed by atoms with E-state index in [9.17, 15) is 9.59 Å². The first-order valence-corrected chi connectivity index (χ1v) is 9.08. The van der Waals surface area contributed by atoms with Gasteiger partial charge in [-0.3, -0.25) is 9.59 Å². The Labute approximate surface area is 167 Å². The summed E-state index contributed by atoms with van der Waals surface area (Å²) in [7, 11) is 0. The number of nitrogens with zero attached hydrogens (tertiary/aromatic N) is 3. The highest BCUT2D eigenvalue weighted by molar-refractivity contribution is 6.31. The summed E-state index contributed by atoms with van der Waals surface area (Å²) in [5.41, 5.74) is 3.11. The van der Waals surface area contributed by atoms with Crippen LogP contribution in [0.4, 0.5) is 5.69 Å². The second kappa shape index (κ2) is 8.67. The van der Waals surface area contributed by atoms with Gasteiger partial charge in [0, 0.05) is 11.9 Å². The molecule has 3 aromatic rings. The van der Waals surface area contributed by atoms with Crippen molar-refractivity contribution < 1.29 is 9.59 Å². The fraction of sp³-hybridized carbons (Fsp3) is 0.200. The highest BCUT2D eigenvalue weighted by Crippen LogP contribution is 2.25. The molecule has 0 aliphatic rings. The lowest BCUT2D eigenvalue weighted by atomic mass is 10.0. The lowest BCUT2D eigenvalue weighted by Gasteiger charge is -2.19. The summed E-state index contributed by atoms with van der Waals surface area (Å²) in [6.45, 7) is 3.41. The molecule has 2 amide bonds. The van der Waals surface area contributed by atoms with E-state index in [1.54, 1.807) is 18.2 Å². The molecular weight excluding hydrogens is 378 g/mol. The van der Waals surface area contributed by atoms with Gasteiger partial charge in [0.25, 0.3) is 0 Å². The van der Waals surface area contributed by atoms with Gasteiger partial charge in [0.05, 0.1) is 23.8 Å². The van der Waals surface area contributed by atoms with E-state index < -0.39 is 6.04 Å². The van der Waals surface area contributed by atoms with Crippen LogP contribution in [0.2, 0.25) is 5.02 Å². The third-order valence-corrected chi connectivity index (χ3v) is 4.38. The maximum atomic E-state index is 12.7. The van der Waals surface area contributed by atoms with Gasteiger partial charge in [-0.1, -0.05) is 41.4 Å². The Kier molecular flexibility index (Phi) is 6.06. The summed E-state index contributed by atoms with van der Waals surface area (Å²) < 4.78 is 1.54. The lowest BCUT2D eigenvalue weighted by Crippen LogP contribution is -2.30. The predicted octanol–water partition coefficient (Wildman–Crippen LogP) is 3.44. The highest BCUT2D eigenvalue weighted by atomic mass is 35.5. The van der Waals surface area contributed by atoms with E-state index in [0.717, 1.165) is 11.1 Å². The van der Waals surface area contributed by atoms with Gasteiger partial charge in [0.2, 0.25) is 11.8 Å². The minimum atomic E-state index is -0.438. The molecule has 0 saturated heterocycles. The van der Waals surface area contributed by atoms with Crippen molar-refractivity contribution in [1.29, 1.82) is 0 Å². The molecule has 1 unspecified atom stereocenters. The molecule has 1 aromatic heterocycles. The maximum absolute atomic E-state index is 12.7. The molecule has 8 heteroatoms. The molecule has 0 aliphatic carbocycles. The summed E-state index contributed by atoms with van der Waals surface area (Å²) in [4.78, 5) is 28.3. The zero-order valence-corrected chi connectivity index (χ0v) is 16.3. The van der Waals surface area contributed by atoms with E-state index in [1.807, 2.05) is 31.2 Å². The molecule has 1 heterocycles. The van der Waals surface area contributed by atoms with E-state index in [2.05, 4.69) is 20.7 Å². The SMILES string of the molecule is CC(=O)NC(CC(=O)Nc1cc(Cl)ccc1-n1cncn1)c1ccc(C)cc1. The van der Waals surface area contributed by atoms with Crippen LogP contribution in [0.1, 0.15) is 30.5 Å². The molecule has 0 bridgehead atoms. The van der Waals surface area contributed by atoms with Gasteiger partial charge in [0.1, 0.15) is 12.7 Å². The minimum absolute atomic E-state index is 0.0753. The van der Waals surface area contributed by atoms with E-state index in [-0.39, 0.29) is 18.2 Å². The molecule has 0 spiro atoms. The Morgan fingerprint density at radius 3 is 2.57 bits per heavy atom. The Bertz CT molecular complexity index is 971. The largest absolute Gasteiger partial charge is 0.349 e. The molecule has 7 nitrogen and oxygen atoms in total. The van der Waals surface area contributed by atoms with E-state index in [4.69, 9.17) is 11.6 Å². The number of benzene rings is 2. The molecular formula is C20H20ClN5O2. The van der Waals surface area contributed by atoms with Gasteiger partial charge in [-0.2, -0.15) is 5.10 Å². The zero-order chi connectivity index (χ0) is 20.1. The topological polar surface area (TPSA) is 88.9 Å². The second-order valence-electron chi connectivity index (χ2n) is 6.42. The number of hydrogen-bond donors (Lipinski definition) is 2. The van der Waals surface area contributed by atoms with Gasteiger partial charge in [0.15, 0.2) is 0 Å². The van der Waals surface area contributed by atoms with Gasteiger partial charge < -0.3 is 10.6 Å². The monoisotopic (exact) mass is 397 g/mol. The normalized spacial score (nSPS) is 11.7. The number of halogens is 1. The number of carbonyl (C=O) groups is 2. The Balaban J connectivity index is 1.81. The quantitative estimate of drug-likeness (QED) is 0.666. The Morgan fingerprint density at radius 2 is 1.93 bits per heavy atom. The van der Waals surface area contributed by atoms with Crippen LogP contribution in [0.3, 0.4) is 0 Å². The fourth-order valence-electron chi connectivity index (χ4n) is 2.82. The molecule has 0 saturated carbocycles. The van der Waals surface area contributed by atoms with Crippen molar-refractivity contribution >= 4 is 29.1 Å². The number of hydrogen-bond acceptors (Lipinski definition) is 4. The van der Waals surface area contributed by atoms with Crippen molar-refractivity contribution in [2.75, 3.05) is 5.32 Å². The molecule has 144 valence electrons. The minimum Gasteiger partial charge on any atom is -0.349 e. The van der Waals surface area contributed by atoms with Gasteiger partial charge in [-0.15, -0.1) is 0 Å². The Hall–Kier alpha value is -3.19. The summed E-state index contributed by atoms with van der Waals surface area (Å²) in [6.07, 6.45) is 3.02. The third kappa shape index (κ3) is 4.95. The van der Waals surface area contributed by atoms with Crippen LogP contribution >= 0.6 is 11.6 Å². The number of nitrogens with one attached hydrogen (secondary N) is 2. The molecule has 3 rings (SSSR count). The Morgan fingerprint density at radius 1 is 1.18 bits per heavy atom. The van der Waals surface area contributed by atoms with Crippen molar-refractivity contribution in [1.82, 2.24) is 20.1 Å². The number of rotatable bonds is 6. The van der Waals surface area contributed by atoms with Crippen molar-refractivity contribution in [3.8, 4) is 5.69 Å². The fourth-order valence-corrected chi connectivity index (χ4v) is 3.00. The highest BCUT2D eigenvalue weighted by Gasteiger charge is 2.18. The van der Waals surface area contributed by atoms with Gasteiger partial charge in [-0.25, -0.2) is 9.67 Å². The summed E-state index contributed by atoms with van der Waals surface area (Å²) in [6, 6.07) is 12.4. The van der Waals surface area contributed by atoms with Crippen molar-refractivity contribution in [3.63, 3.8) is 0 Å². The molecule has 2 aromatic carbocycles. The number of amides is 2. The van der Waals surface area contributed by atoms with Crippen molar-refractivity contribution in [2.45, 2.75) is 26.3 Å². The average Bonchev–Trinajstić information content (AvgIpc) is 3.16. The van der Waals surface area contributed by atoms with Crippen LogP contribution < -0.4 is 10.6 Å². The number of carbonyl (C=O) groups excluding carboxylic acids is 2. The van der Waals surface area contributed by atoms with Gasteiger partial charge in [-0.05, 0) is 30.7 Å². The molecule has 0 radical (unpaired) electrons. The first-order chi connectivity index (χ1) is 13.4. The van der Waals surface area contributed by atoms with Crippen LogP contribution in [0.5, 0.6) is 0 Å². The van der Waals surface area contributed by atoms with Crippen LogP contribution in [-0.4, -0.2) is 26.6 Å². The van der Waals surface area contributed by atoms with Crippen LogP contribution in [0.15, 0.2) is 55.1 Å². The zero-order valence-electron chi connectivity index (χ0n) is 15.5. The van der Waals surface area contributed by atoms with Crippen LogP contribution in [-0.2, 0) is 9.59 Å². The number of aromatic nitrogens is 3. The predicted molar refractivity (Wildman–Crippen MR) is 107 cm³/mol. The summed E-state index contributed by atoms with van der Waals surface area (Å²) in [5.74, 6) is -0.465.